The van der Waals surface area contributed by atoms with E-state index in [1.54, 1.807) is 18.2 Å². The van der Waals surface area contributed by atoms with E-state index in [1.165, 1.54) is 18.4 Å². The van der Waals surface area contributed by atoms with Crippen molar-refractivity contribution in [3.63, 3.8) is 0 Å². The molecule has 0 fully saturated rings. The lowest BCUT2D eigenvalue weighted by Gasteiger charge is -2.19. The number of hydrogen-bond donors (Lipinski definition) is 1. The van der Waals surface area contributed by atoms with Crippen molar-refractivity contribution in [2.75, 3.05) is 12.4 Å². The minimum absolute atomic E-state index is 0.0952. The summed E-state index contributed by atoms with van der Waals surface area (Å²) in [7, 11) is 1.35. The molecular formula is C19H21N3O3S. The summed E-state index contributed by atoms with van der Waals surface area (Å²) in [4.78, 5) is 28.9. The maximum absolute atomic E-state index is 12.8. The number of benzene rings is 1. The van der Waals surface area contributed by atoms with Crippen LogP contribution < -0.4 is 5.32 Å². The number of ether oxygens (including phenoxy) is 1. The number of carbonyl (C=O) groups excluding carboxylic acids is 2. The van der Waals surface area contributed by atoms with Crippen molar-refractivity contribution < 1.29 is 14.3 Å². The lowest BCUT2D eigenvalue weighted by Crippen LogP contribution is -2.26. The molecule has 3 rings (SSSR count). The van der Waals surface area contributed by atoms with E-state index in [2.05, 4.69) is 24.1 Å². The first kappa shape index (κ1) is 18.1. The van der Waals surface area contributed by atoms with E-state index in [0.29, 0.717) is 16.6 Å². The summed E-state index contributed by atoms with van der Waals surface area (Å²) in [5.74, 6) is -0.108. The van der Waals surface area contributed by atoms with Gasteiger partial charge in [-0.2, -0.15) is 0 Å². The van der Waals surface area contributed by atoms with E-state index in [1.807, 2.05) is 29.1 Å². The number of esters is 1. The molecule has 0 aliphatic rings. The predicted molar refractivity (Wildman–Crippen MR) is 103 cm³/mol. The van der Waals surface area contributed by atoms with Crippen LogP contribution >= 0.6 is 11.3 Å². The third-order valence-corrected chi connectivity index (χ3v) is 4.96. The Morgan fingerprint density at radius 2 is 2.00 bits per heavy atom. The topological polar surface area (TPSA) is 73.2 Å². The van der Waals surface area contributed by atoms with Crippen LogP contribution in [0.4, 0.5) is 5.13 Å². The zero-order valence-electron chi connectivity index (χ0n) is 14.9. The largest absolute Gasteiger partial charge is 0.465 e. The van der Waals surface area contributed by atoms with Gasteiger partial charge < -0.3 is 14.6 Å². The maximum atomic E-state index is 12.8. The highest BCUT2D eigenvalue weighted by atomic mass is 32.1. The molecule has 26 heavy (non-hydrogen) atoms. The van der Waals surface area contributed by atoms with Crippen LogP contribution in [0.2, 0.25) is 0 Å². The number of aromatic nitrogens is 2. The van der Waals surface area contributed by atoms with Gasteiger partial charge in [-0.25, -0.2) is 9.78 Å². The molecule has 1 N–H and O–H groups in total. The Bertz CT molecular complexity index is 915. The van der Waals surface area contributed by atoms with E-state index in [-0.39, 0.29) is 11.9 Å². The zero-order chi connectivity index (χ0) is 18.7. The van der Waals surface area contributed by atoms with Gasteiger partial charge in [0.25, 0.3) is 0 Å². The van der Waals surface area contributed by atoms with Crippen molar-refractivity contribution in [2.24, 2.45) is 5.92 Å². The molecule has 136 valence electrons. The Kier molecular flexibility index (Phi) is 5.37. The number of nitrogens with zero attached hydrogens (tertiary/aromatic N) is 2. The SMILES string of the molecule is COC(=O)c1ccc2nc(NC(=O)[C@@H](CC(C)C)n3cccc3)sc2c1. The predicted octanol–water partition coefficient (Wildman–Crippen LogP) is 4.11. The number of amides is 1. The van der Waals surface area contributed by atoms with Crippen LogP contribution in [0.25, 0.3) is 10.2 Å². The minimum Gasteiger partial charge on any atom is -0.465 e. The van der Waals surface area contributed by atoms with E-state index in [9.17, 15) is 9.59 Å². The standard InChI is InChI=1S/C19H21N3O3S/c1-12(2)10-15(22-8-4-5-9-22)17(23)21-19-20-14-7-6-13(18(24)25-3)11-16(14)26-19/h4-9,11-12,15H,10H2,1-3H3,(H,20,21,23)/t15-/m1/s1. The number of nitrogens with one attached hydrogen (secondary N) is 1. The number of hydrogen-bond acceptors (Lipinski definition) is 5. The van der Waals surface area contributed by atoms with Gasteiger partial charge in [0.05, 0.1) is 22.9 Å². The monoisotopic (exact) mass is 371 g/mol. The molecule has 1 amide bonds. The Labute approximate surface area is 155 Å². The van der Waals surface area contributed by atoms with Crippen molar-refractivity contribution in [3.05, 3.63) is 48.3 Å². The molecule has 2 aromatic heterocycles. The van der Waals surface area contributed by atoms with Crippen LogP contribution in [0.5, 0.6) is 0 Å². The molecule has 0 radical (unpaired) electrons. The van der Waals surface area contributed by atoms with Crippen LogP contribution in [-0.4, -0.2) is 28.5 Å². The van der Waals surface area contributed by atoms with Crippen LogP contribution in [0.3, 0.4) is 0 Å². The fourth-order valence-electron chi connectivity index (χ4n) is 2.78. The fraction of sp³-hybridized carbons (Fsp3) is 0.316. The van der Waals surface area contributed by atoms with Crippen molar-refractivity contribution in [2.45, 2.75) is 26.3 Å². The quantitative estimate of drug-likeness (QED) is 0.662. The van der Waals surface area contributed by atoms with Crippen molar-refractivity contribution in [1.82, 2.24) is 9.55 Å². The third-order valence-electron chi connectivity index (χ3n) is 4.02. The van der Waals surface area contributed by atoms with Crippen LogP contribution in [-0.2, 0) is 9.53 Å². The van der Waals surface area contributed by atoms with Crippen LogP contribution in [0.1, 0.15) is 36.7 Å². The highest BCUT2D eigenvalue weighted by molar-refractivity contribution is 7.22. The number of carbonyl (C=O) groups is 2. The Morgan fingerprint density at radius 1 is 1.27 bits per heavy atom. The second-order valence-corrected chi connectivity index (χ2v) is 7.49. The smallest absolute Gasteiger partial charge is 0.337 e. The van der Waals surface area contributed by atoms with E-state index >= 15 is 0 Å². The van der Waals surface area contributed by atoms with Gasteiger partial charge in [-0.3, -0.25) is 4.79 Å². The molecule has 0 aliphatic carbocycles. The number of methoxy groups -OCH3 is 1. The highest BCUT2D eigenvalue weighted by Crippen LogP contribution is 2.28. The zero-order valence-corrected chi connectivity index (χ0v) is 15.7. The number of anilines is 1. The number of fused-ring (bicyclic) bond motifs is 1. The van der Waals surface area contributed by atoms with Gasteiger partial charge in [0.15, 0.2) is 5.13 Å². The van der Waals surface area contributed by atoms with Crippen LogP contribution in [0, 0.1) is 5.92 Å². The fourth-order valence-corrected chi connectivity index (χ4v) is 3.69. The molecule has 7 heteroatoms. The first-order valence-corrected chi connectivity index (χ1v) is 9.22. The van der Waals surface area contributed by atoms with E-state index < -0.39 is 5.97 Å². The van der Waals surface area contributed by atoms with Crippen LogP contribution in [0.15, 0.2) is 42.7 Å². The molecular weight excluding hydrogens is 350 g/mol. The lowest BCUT2D eigenvalue weighted by atomic mass is 10.0. The van der Waals surface area contributed by atoms with Gasteiger partial charge in [-0.05, 0) is 42.7 Å². The Morgan fingerprint density at radius 3 is 2.65 bits per heavy atom. The van der Waals surface area contributed by atoms with Gasteiger partial charge >= 0.3 is 5.97 Å². The summed E-state index contributed by atoms with van der Waals surface area (Å²) in [6.07, 6.45) is 4.53. The maximum Gasteiger partial charge on any atom is 0.337 e. The second kappa shape index (κ2) is 7.70. The summed E-state index contributed by atoms with van der Waals surface area (Å²) in [5, 5.41) is 3.44. The van der Waals surface area contributed by atoms with Gasteiger partial charge in [0.2, 0.25) is 5.91 Å². The molecule has 0 bridgehead atoms. The molecule has 3 aromatic rings. The summed E-state index contributed by atoms with van der Waals surface area (Å²) < 4.78 is 7.48. The lowest BCUT2D eigenvalue weighted by molar-refractivity contribution is -0.119. The number of thiazole rings is 1. The molecule has 1 aromatic carbocycles. The Hall–Kier alpha value is -2.67. The average molecular weight is 371 g/mol. The van der Waals surface area contributed by atoms with Gasteiger partial charge in [-0.1, -0.05) is 25.2 Å². The van der Waals surface area contributed by atoms with E-state index in [0.717, 1.165) is 16.6 Å². The molecule has 0 saturated heterocycles. The van der Waals surface area contributed by atoms with E-state index in [4.69, 9.17) is 4.74 Å². The molecule has 0 aliphatic heterocycles. The molecule has 0 unspecified atom stereocenters. The molecule has 2 heterocycles. The minimum atomic E-state index is -0.393. The normalized spacial score (nSPS) is 12.3. The summed E-state index contributed by atoms with van der Waals surface area (Å²) in [5.41, 5.74) is 1.20. The summed E-state index contributed by atoms with van der Waals surface area (Å²) in [6, 6.07) is 8.68. The van der Waals surface area contributed by atoms with Crippen molar-refractivity contribution in [1.29, 1.82) is 0 Å². The summed E-state index contributed by atoms with van der Waals surface area (Å²) in [6.45, 7) is 4.19. The first-order valence-electron chi connectivity index (χ1n) is 8.40. The number of rotatable bonds is 6. The average Bonchev–Trinajstić information content (AvgIpc) is 3.27. The molecule has 0 spiro atoms. The van der Waals surface area contributed by atoms with Gasteiger partial charge in [0, 0.05) is 12.4 Å². The third kappa shape index (κ3) is 3.94. The molecule has 1 atom stereocenters. The van der Waals surface area contributed by atoms with Gasteiger partial charge in [0.1, 0.15) is 6.04 Å². The highest BCUT2D eigenvalue weighted by Gasteiger charge is 2.22. The van der Waals surface area contributed by atoms with Gasteiger partial charge in [-0.15, -0.1) is 0 Å². The molecule has 6 nitrogen and oxygen atoms in total. The van der Waals surface area contributed by atoms with Crippen molar-refractivity contribution >= 4 is 38.6 Å². The van der Waals surface area contributed by atoms with Crippen molar-refractivity contribution in [3.8, 4) is 0 Å². The first-order chi connectivity index (χ1) is 12.5. The molecule has 0 saturated carbocycles. The summed E-state index contributed by atoms with van der Waals surface area (Å²) >= 11 is 1.34. The Balaban J connectivity index is 1.82. The second-order valence-electron chi connectivity index (χ2n) is 6.46.